The van der Waals surface area contributed by atoms with Gasteiger partial charge in [-0.15, -0.1) is 11.3 Å². The molecule has 0 amide bonds. The van der Waals surface area contributed by atoms with Crippen molar-refractivity contribution in [2.45, 2.75) is 38.8 Å². The molecule has 2 rings (SSSR count). The van der Waals surface area contributed by atoms with Crippen molar-refractivity contribution >= 4 is 11.3 Å². The van der Waals surface area contributed by atoms with E-state index in [-0.39, 0.29) is 0 Å². The summed E-state index contributed by atoms with van der Waals surface area (Å²) in [6, 6.07) is 4.86. The van der Waals surface area contributed by atoms with Crippen molar-refractivity contribution < 1.29 is 5.11 Å². The SMILES string of the molecule is CCc1ccc(CN2CCCC2CO)s1. The maximum absolute atomic E-state index is 9.23. The third-order valence-corrected chi connectivity index (χ3v) is 4.35. The van der Waals surface area contributed by atoms with Gasteiger partial charge in [-0.05, 0) is 37.9 Å². The first-order valence-corrected chi connectivity index (χ1v) is 6.57. The van der Waals surface area contributed by atoms with Crippen LogP contribution in [0.2, 0.25) is 0 Å². The molecule has 0 aromatic carbocycles. The number of likely N-dealkylation sites (tertiary alicyclic amines) is 1. The summed E-state index contributed by atoms with van der Waals surface area (Å²) in [6.07, 6.45) is 3.52. The van der Waals surface area contributed by atoms with E-state index in [1.807, 2.05) is 11.3 Å². The zero-order chi connectivity index (χ0) is 10.7. The van der Waals surface area contributed by atoms with E-state index in [0.717, 1.165) is 25.9 Å². The molecular weight excluding hydrogens is 206 g/mol. The topological polar surface area (TPSA) is 23.5 Å². The lowest BCUT2D eigenvalue weighted by atomic mass is 10.2. The Balaban J connectivity index is 1.95. The summed E-state index contributed by atoms with van der Waals surface area (Å²) in [6.45, 7) is 4.68. The molecule has 3 heteroatoms. The average Bonchev–Trinajstić information content (AvgIpc) is 2.87. The number of aliphatic hydroxyl groups excluding tert-OH is 1. The van der Waals surface area contributed by atoms with E-state index in [4.69, 9.17) is 0 Å². The molecule has 84 valence electrons. The summed E-state index contributed by atoms with van der Waals surface area (Å²) in [4.78, 5) is 5.31. The van der Waals surface area contributed by atoms with Crippen LogP contribution in [0.4, 0.5) is 0 Å². The zero-order valence-electron chi connectivity index (χ0n) is 9.28. The van der Waals surface area contributed by atoms with E-state index in [2.05, 4.69) is 24.0 Å². The zero-order valence-corrected chi connectivity index (χ0v) is 10.1. The Morgan fingerprint density at radius 2 is 2.27 bits per heavy atom. The molecule has 1 unspecified atom stereocenters. The van der Waals surface area contributed by atoms with Gasteiger partial charge in [0.1, 0.15) is 0 Å². The summed E-state index contributed by atoms with van der Waals surface area (Å²) in [5.41, 5.74) is 0. The lowest BCUT2D eigenvalue weighted by molar-refractivity contribution is 0.154. The van der Waals surface area contributed by atoms with Gasteiger partial charge in [-0.3, -0.25) is 4.90 Å². The average molecular weight is 225 g/mol. The van der Waals surface area contributed by atoms with E-state index in [1.165, 1.54) is 16.2 Å². The number of hydrogen-bond acceptors (Lipinski definition) is 3. The Morgan fingerprint density at radius 3 is 2.93 bits per heavy atom. The van der Waals surface area contributed by atoms with E-state index >= 15 is 0 Å². The fraction of sp³-hybridized carbons (Fsp3) is 0.667. The van der Waals surface area contributed by atoms with Crippen LogP contribution in [-0.4, -0.2) is 29.2 Å². The number of nitrogens with zero attached hydrogens (tertiary/aromatic N) is 1. The second kappa shape index (κ2) is 5.10. The molecule has 1 aromatic heterocycles. The molecule has 1 aliphatic heterocycles. The van der Waals surface area contributed by atoms with Crippen molar-refractivity contribution in [1.29, 1.82) is 0 Å². The van der Waals surface area contributed by atoms with Gasteiger partial charge in [0.25, 0.3) is 0 Å². The van der Waals surface area contributed by atoms with Crippen LogP contribution in [0.15, 0.2) is 12.1 Å². The summed E-state index contributed by atoms with van der Waals surface area (Å²) < 4.78 is 0. The van der Waals surface area contributed by atoms with Gasteiger partial charge in [0.2, 0.25) is 0 Å². The number of rotatable bonds is 4. The first-order valence-electron chi connectivity index (χ1n) is 5.76. The number of aliphatic hydroxyl groups is 1. The lowest BCUT2D eigenvalue weighted by Gasteiger charge is -2.21. The first-order chi connectivity index (χ1) is 7.33. The van der Waals surface area contributed by atoms with Gasteiger partial charge in [0.05, 0.1) is 6.61 Å². The summed E-state index contributed by atoms with van der Waals surface area (Å²) in [5.74, 6) is 0. The standard InChI is InChI=1S/C12H19NOS/c1-2-11-5-6-12(15-11)8-13-7-3-4-10(13)9-14/h5-6,10,14H,2-4,7-9H2,1H3. The van der Waals surface area contributed by atoms with Gasteiger partial charge >= 0.3 is 0 Å². The lowest BCUT2D eigenvalue weighted by Crippen LogP contribution is -2.31. The monoisotopic (exact) mass is 225 g/mol. The molecule has 0 saturated carbocycles. The van der Waals surface area contributed by atoms with E-state index in [1.54, 1.807) is 0 Å². The molecule has 0 spiro atoms. The van der Waals surface area contributed by atoms with Gasteiger partial charge in [0.15, 0.2) is 0 Å². The molecule has 0 radical (unpaired) electrons. The van der Waals surface area contributed by atoms with Crippen molar-refractivity contribution in [1.82, 2.24) is 4.90 Å². The normalized spacial score (nSPS) is 22.4. The van der Waals surface area contributed by atoms with Gasteiger partial charge in [-0.2, -0.15) is 0 Å². The first kappa shape index (κ1) is 11.1. The maximum atomic E-state index is 9.23. The predicted molar refractivity (Wildman–Crippen MR) is 64.2 cm³/mol. The Kier molecular flexibility index (Phi) is 3.78. The largest absolute Gasteiger partial charge is 0.395 e. The molecule has 1 aromatic rings. The second-order valence-corrected chi connectivity index (χ2v) is 5.42. The molecule has 1 saturated heterocycles. The van der Waals surface area contributed by atoms with Crippen molar-refractivity contribution in [3.05, 3.63) is 21.9 Å². The van der Waals surface area contributed by atoms with Crippen molar-refractivity contribution in [3.8, 4) is 0 Å². The third-order valence-electron chi connectivity index (χ3n) is 3.13. The molecule has 2 nitrogen and oxygen atoms in total. The molecule has 15 heavy (non-hydrogen) atoms. The Hall–Kier alpha value is -0.380. The highest BCUT2D eigenvalue weighted by molar-refractivity contribution is 7.11. The fourth-order valence-corrected chi connectivity index (χ4v) is 3.19. The van der Waals surface area contributed by atoms with Crippen LogP contribution in [0.5, 0.6) is 0 Å². The van der Waals surface area contributed by atoms with Gasteiger partial charge < -0.3 is 5.11 Å². The molecule has 2 heterocycles. The maximum Gasteiger partial charge on any atom is 0.0587 e. The van der Waals surface area contributed by atoms with E-state index < -0.39 is 0 Å². The molecular formula is C12H19NOS. The van der Waals surface area contributed by atoms with Crippen LogP contribution in [0, 0.1) is 0 Å². The summed E-state index contributed by atoms with van der Waals surface area (Å²) in [5, 5.41) is 9.23. The van der Waals surface area contributed by atoms with Crippen molar-refractivity contribution in [3.63, 3.8) is 0 Å². The molecule has 1 aliphatic rings. The fourth-order valence-electron chi connectivity index (χ4n) is 2.21. The molecule has 0 bridgehead atoms. The second-order valence-electron chi connectivity index (χ2n) is 4.17. The van der Waals surface area contributed by atoms with Gasteiger partial charge in [-0.25, -0.2) is 0 Å². The molecule has 1 atom stereocenters. The smallest absolute Gasteiger partial charge is 0.0587 e. The van der Waals surface area contributed by atoms with Crippen LogP contribution < -0.4 is 0 Å². The van der Waals surface area contributed by atoms with Crippen LogP contribution >= 0.6 is 11.3 Å². The van der Waals surface area contributed by atoms with Crippen LogP contribution in [0.3, 0.4) is 0 Å². The highest BCUT2D eigenvalue weighted by atomic mass is 32.1. The van der Waals surface area contributed by atoms with Crippen LogP contribution in [-0.2, 0) is 13.0 Å². The van der Waals surface area contributed by atoms with Crippen molar-refractivity contribution in [2.75, 3.05) is 13.2 Å². The van der Waals surface area contributed by atoms with Gasteiger partial charge in [-0.1, -0.05) is 6.92 Å². The number of hydrogen-bond donors (Lipinski definition) is 1. The highest BCUT2D eigenvalue weighted by Crippen LogP contribution is 2.23. The molecule has 1 fully saturated rings. The Labute approximate surface area is 95.5 Å². The molecule has 0 aliphatic carbocycles. The third kappa shape index (κ3) is 2.60. The minimum absolute atomic E-state index is 0.312. The van der Waals surface area contributed by atoms with Gasteiger partial charge in [0, 0.05) is 22.3 Å². The number of thiophene rings is 1. The summed E-state index contributed by atoms with van der Waals surface area (Å²) >= 11 is 1.91. The van der Waals surface area contributed by atoms with Crippen LogP contribution in [0.1, 0.15) is 29.5 Å². The number of aryl methyl sites for hydroxylation is 1. The predicted octanol–water partition coefficient (Wildman–Crippen LogP) is 2.27. The highest BCUT2D eigenvalue weighted by Gasteiger charge is 2.23. The Morgan fingerprint density at radius 1 is 1.47 bits per heavy atom. The van der Waals surface area contributed by atoms with Crippen LogP contribution in [0.25, 0.3) is 0 Å². The molecule has 1 N–H and O–H groups in total. The Bertz CT molecular complexity index is 310. The minimum atomic E-state index is 0.312. The van der Waals surface area contributed by atoms with Crippen molar-refractivity contribution in [2.24, 2.45) is 0 Å². The van der Waals surface area contributed by atoms with E-state index in [0.29, 0.717) is 12.6 Å². The quantitative estimate of drug-likeness (QED) is 0.849. The van der Waals surface area contributed by atoms with E-state index in [9.17, 15) is 5.11 Å². The summed E-state index contributed by atoms with van der Waals surface area (Å²) in [7, 11) is 0. The minimum Gasteiger partial charge on any atom is -0.395 e.